The van der Waals surface area contributed by atoms with Crippen LogP contribution >= 0.6 is 11.6 Å². The first-order chi connectivity index (χ1) is 16.8. The highest BCUT2D eigenvalue weighted by atomic mass is 35.5. The average molecular weight is 501 g/mol. The van der Waals surface area contributed by atoms with Crippen LogP contribution in [0.2, 0.25) is 5.02 Å². The van der Waals surface area contributed by atoms with E-state index >= 15 is 0 Å². The number of anilines is 1. The maximum absolute atomic E-state index is 13.4. The van der Waals surface area contributed by atoms with E-state index in [0.29, 0.717) is 27.8 Å². The summed E-state index contributed by atoms with van der Waals surface area (Å²) in [5.41, 5.74) is 0.268. The number of halogens is 4. The molecule has 1 heterocycles. The minimum absolute atomic E-state index is 0.179. The maximum Gasteiger partial charge on any atom is 0.416 e. The molecule has 0 bridgehead atoms. The number of benzene rings is 3. The molecule has 1 atom stereocenters. The third-order valence-electron chi connectivity index (χ3n) is 5.48. The van der Waals surface area contributed by atoms with Crippen molar-refractivity contribution < 1.29 is 23.0 Å². The van der Waals surface area contributed by atoms with Crippen LogP contribution in [-0.2, 0) is 6.18 Å². The van der Waals surface area contributed by atoms with Gasteiger partial charge in [0, 0.05) is 23.8 Å². The Balaban J connectivity index is 1.70. The van der Waals surface area contributed by atoms with Crippen molar-refractivity contribution in [3.8, 4) is 11.5 Å². The van der Waals surface area contributed by atoms with Gasteiger partial charge in [-0.05, 0) is 66.2 Å². The molecule has 3 aromatic rings. The van der Waals surface area contributed by atoms with Crippen LogP contribution in [-0.4, -0.2) is 35.7 Å². The van der Waals surface area contributed by atoms with E-state index < -0.39 is 17.8 Å². The van der Waals surface area contributed by atoms with Gasteiger partial charge in [-0.3, -0.25) is 4.90 Å². The summed E-state index contributed by atoms with van der Waals surface area (Å²) >= 11 is 5.91. The van der Waals surface area contributed by atoms with Crippen molar-refractivity contribution in [3.05, 3.63) is 100 Å². The monoisotopic (exact) mass is 500 g/mol. The zero-order valence-corrected chi connectivity index (χ0v) is 19.0. The summed E-state index contributed by atoms with van der Waals surface area (Å²) in [4.78, 5) is 6.53. The largest absolute Gasteiger partial charge is 0.457 e. The van der Waals surface area contributed by atoms with Crippen LogP contribution in [0.5, 0.6) is 11.5 Å². The molecule has 0 spiro atoms. The zero-order chi connectivity index (χ0) is 25.0. The third-order valence-corrected chi connectivity index (χ3v) is 5.73. The smallest absolute Gasteiger partial charge is 0.416 e. The van der Waals surface area contributed by atoms with Crippen LogP contribution < -0.4 is 9.64 Å². The van der Waals surface area contributed by atoms with Crippen LogP contribution in [0.1, 0.15) is 17.2 Å². The number of aliphatic hydroxyl groups excluding tert-OH is 1. The fourth-order valence-corrected chi connectivity index (χ4v) is 4.04. The van der Waals surface area contributed by atoms with E-state index in [1.165, 1.54) is 6.07 Å². The number of ether oxygens (including phenoxy) is 1. The van der Waals surface area contributed by atoms with E-state index in [2.05, 4.69) is 10.1 Å². The second-order valence-electron chi connectivity index (χ2n) is 7.73. The second-order valence-corrected chi connectivity index (χ2v) is 8.16. The predicted molar refractivity (Wildman–Crippen MR) is 127 cm³/mol. The summed E-state index contributed by atoms with van der Waals surface area (Å²) in [5.74, 6) is 1.39. The van der Waals surface area contributed by atoms with Gasteiger partial charge in [0.15, 0.2) is 0 Å². The van der Waals surface area contributed by atoms with Crippen LogP contribution in [0.25, 0.3) is 4.95 Å². The first-order valence-corrected chi connectivity index (χ1v) is 11.0. The Morgan fingerprint density at radius 1 is 1.06 bits per heavy atom. The fourth-order valence-electron chi connectivity index (χ4n) is 3.92. The Bertz CT molecular complexity index is 1240. The number of guanidine groups is 1. The lowest BCUT2D eigenvalue weighted by Gasteiger charge is -2.25. The van der Waals surface area contributed by atoms with Gasteiger partial charge in [-0.15, -0.1) is 4.95 Å². The molecular weight excluding hydrogens is 481 g/mol. The molecule has 0 amide bonds. The van der Waals surface area contributed by atoms with E-state index in [9.17, 15) is 18.3 Å². The molecule has 4 rings (SSSR count). The average Bonchev–Trinajstić information content (AvgIpc) is 3.19. The molecule has 1 saturated heterocycles. The highest BCUT2D eigenvalue weighted by Gasteiger charge is 2.40. The predicted octanol–water partition coefficient (Wildman–Crippen LogP) is 6.20. The molecule has 0 saturated carbocycles. The number of hydrogen-bond acceptors (Lipinski definition) is 3. The topological polar surface area (TPSA) is 52.7 Å². The van der Waals surface area contributed by atoms with Crippen LogP contribution in [0.3, 0.4) is 0 Å². The van der Waals surface area contributed by atoms with Gasteiger partial charge in [-0.2, -0.15) is 19.7 Å². The van der Waals surface area contributed by atoms with Crippen molar-refractivity contribution in [2.75, 3.05) is 24.6 Å². The molecule has 0 unspecified atom stereocenters. The standard InChI is InChI=1S/C25H20ClF3N4O2/c1-30-31-24-32(13-14-34)16-23(17-3-2-4-18(15-17)25(27,28)29)33(24)20-7-11-22(12-8-20)35-21-9-5-19(26)6-10-21/h2-12,15,23,34H,13-14,16H2/t23-/m1/s1. The molecule has 35 heavy (non-hydrogen) atoms. The highest BCUT2D eigenvalue weighted by Crippen LogP contribution is 2.38. The first kappa shape index (κ1) is 24.4. The Labute approximate surface area is 205 Å². The van der Waals surface area contributed by atoms with Gasteiger partial charge >= 0.3 is 6.18 Å². The number of aliphatic hydroxyl groups is 1. The SMILES string of the molecule is [C-]#[N+]N=C1N(CCO)C[C@H](c2cccc(C(F)(F)F)c2)N1c1ccc(Oc2ccc(Cl)cc2)cc1. The summed E-state index contributed by atoms with van der Waals surface area (Å²) in [7, 11) is 0. The summed E-state index contributed by atoms with van der Waals surface area (Å²) in [5, 5.41) is 14.0. The van der Waals surface area contributed by atoms with Crippen LogP contribution in [0.4, 0.5) is 18.9 Å². The maximum atomic E-state index is 13.4. The Kier molecular flexibility index (Phi) is 7.15. The first-order valence-electron chi connectivity index (χ1n) is 10.6. The zero-order valence-electron chi connectivity index (χ0n) is 18.3. The molecule has 1 aliphatic heterocycles. The molecule has 6 nitrogen and oxygen atoms in total. The highest BCUT2D eigenvalue weighted by molar-refractivity contribution is 6.30. The molecule has 3 aromatic carbocycles. The van der Waals surface area contributed by atoms with Crippen molar-refractivity contribution in [1.29, 1.82) is 0 Å². The van der Waals surface area contributed by atoms with E-state index in [-0.39, 0.29) is 25.7 Å². The summed E-state index contributed by atoms with van der Waals surface area (Å²) in [6.07, 6.45) is -4.49. The van der Waals surface area contributed by atoms with E-state index in [0.717, 1.165) is 12.1 Å². The van der Waals surface area contributed by atoms with E-state index in [4.69, 9.17) is 22.9 Å². The van der Waals surface area contributed by atoms with Gasteiger partial charge in [0.25, 0.3) is 5.96 Å². The number of hydrogen-bond donors (Lipinski definition) is 1. The minimum Gasteiger partial charge on any atom is -0.457 e. The Morgan fingerprint density at radius 2 is 1.71 bits per heavy atom. The van der Waals surface area contributed by atoms with Gasteiger partial charge in [-0.25, -0.2) is 0 Å². The lowest BCUT2D eigenvalue weighted by molar-refractivity contribution is -0.137. The fraction of sp³-hybridized carbons (Fsp3) is 0.200. The summed E-state index contributed by atoms with van der Waals surface area (Å²) in [6.45, 7) is 7.47. The van der Waals surface area contributed by atoms with Crippen molar-refractivity contribution in [2.24, 2.45) is 5.10 Å². The van der Waals surface area contributed by atoms with Crippen molar-refractivity contribution >= 4 is 23.2 Å². The van der Waals surface area contributed by atoms with Crippen molar-refractivity contribution in [3.63, 3.8) is 0 Å². The summed E-state index contributed by atoms with van der Waals surface area (Å²) < 4.78 is 45.9. The number of alkyl halides is 3. The van der Waals surface area contributed by atoms with Gasteiger partial charge in [-0.1, -0.05) is 23.7 Å². The molecule has 0 aliphatic carbocycles. The van der Waals surface area contributed by atoms with Crippen molar-refractivity contribution in [2.45, 2.75) is 12.2 Å². The third kappa shape index (κ3) is 5.50. The normalized spacial score (nSPS) is 17.0. The number of nitrogens with zero attached hydrogens (tertiary/aromatic N) is 4. The molecule has 0 radical (unpaired) electrons. The quantitative estimate of drug-likeness (QED) is 0.323. The Morgan fingerprint density at radius 3 is 2.31 bits per heavy atom. The summed E-state index contributed by atoms with van der Waals surface area (Å²) in [6, 6.07) is 18.3. The van der Waals surface area contributed by atoms with Gasteiger partial charge in [0.05, 0.1) is 18.2 Å². The minimum atomic E-state index is -4.49. The van der Waals surface area contributed by atoms with Crippen molar-refractivity contribution in [1.82, 2.24) is 4.90 Å². The molecule has 1 N–H and O–H groups in total. The van der Waals surface area contributed by atoms with Crippen LogP contribution in [0, 0.1) is 6.57 Å². The molecular formula is C25H20ClF3N4O2. The molecule has 1 aliphatic rings. The van der Waals surface area contributed by atoms with Gasteiger partial charge in [0.1, 0.15) is 16.6 Å². The molecule has 180 valence electrons. The van der Waals surface area contributed by atoms with Gasteiger partial charge in [0.2, 0.25) is 0 Å². The van der Waals surface area contributed by atoms with E-state index in [1.807, 2.05) is 0 Å². The lowest BCUT2D eigenvalue weighted by Crippen LogP contribution is -2.35. The van der Waals surface area contributed by atoms with Gasteiger partial charge < -0.3 is 14.7 Å². The Hall–Kier alpha value is -3.74. The lowest BCUT2D eigenvalue weighted by atomic mass is 10.0. The molecule has 0 aromatic heterocycles. The number of β-amino-alcohol motifs (C(OH)–C–C–N with tert-alkyl or cyclic N) is 1. The second kappa shape index (κ2) is 10.3. The number of rotatable bonds is 6. The van der Waals surface area contributed by atoms with E-state index in [1.54, 1.807) is 64.4 Å². The molecule has 1 fully saturated rings. The molecule has 10 heteroatoms. The van der Waals surface area contributed by atoms with Crippen LogP contribution in [0.15, 0.2) is 77.9 Å².